The third-order valence-corrected chi connectivity index (χ3v) is 5.48. The number of nitrogens with zero attached hydrogens (tertiary/aromatic N) is 2. The van der Waals surface area contributed by atoms with Crippen LogP contribution in [0.5, 0.6) is 0 Å². The number of allylic oxidation sites excluding steroid dienone is 2. The molecule has 0 radical (unpaired) electrons. The van der Waals surface area contributed by atoms with Crippen molar-refractivity contribution in [3.63, 3.8) is 0 Å². The van der Waals surface area contributed by atoms with E-state index in [0.717, 1.165) is 4.90 Å². The molecule has 0 aliphatic carbocycles. The van der Waals surface area contributed by atoms with E-state index in [4.69, 9.17) is 28.9 Å². The molecule has 4 N–H and O–H groups in total. The summed E-state index contributed by atoms with van der Waals surface area (Å²) in [5.41, 5.74) is 6.18. The van der Waals surface area contributed by atoms with Gasteiger partial charge in [0.05, 0.1) is 10.0 Å². The lowest BCUT2D eigenvalue weighted by Crippen LogP contribution is -1.94. The molecule has 20 heavy (non-hydrogen) atoms. The molecule has 2 aromatic rings. The van der Waals surface area contributed by atoms with Crippen molar-refractivity contribution in [1.29, 1.82) is 0 Å². The standard InChI is InChI=1S/C12H11Cl2N5S/c13-8-5-7(16-12-17-11(15)18-19-12)6-9(14)10(8)20-3-1-2-4-20/h1-6,20H,(H4,15,16,17,18,19). The van der Waals surface area contributed by atoms with Gasteiger partial charge in [-0.05, 0) is 22.9 Å². The van der Waals surface area contributed by atoms with Crippen molar-refractivity contribution in [3.05, 3.63) is 45.1 Å². The highest BCUT2D eigenvalue weighted by Gasteiger charge is 2.14. The average Bonchev–Trinajstić information content (AvgIpc) is 3.01. The van der Waals surface area contributed by atoms with Crippen LogP contribution in [0.25, 0.3) is 0 Å². The first-order valence-electron chi connectivity index (χ1n) is 5.71. The molecule has 2 heterocycles. The summed E-state index contributed by atoms with van der Waals surface area (Å²) < 4.78 is 0. The summed E-state index contributed by atoms with van der Waals surface area (Å²) in [4.78, 5) is 4.91. The van der Waals surface area contributed by atoms with E-state index in [-0.39, 0.29) is 5.95 Å². The predicted octanol–water partition coefficient (Wildman–Crippen LogP) is 3.84. The van der Waals surface area contributed by atoms with E-state index in [2.05, 4.69) is 31.3 Å². The van der Waals surface area contributed by atoms with Gasteiger partial charge in [-0.15, -0.1) is 5.10 Å². The molecule has 1 aliphatic rings. The van der Waals surface area contributed by atoms with E-state index < -0.39 is 10.9 Å². The van der Waals surface area contributed by atoms with E-state index in [9.17, 15) is 0 Å². The molecule has 104 valence electrons. The van der Waals surface area contributed by atoms with Gasteiger partial charge in [-0.1, -0.05) is 35.4 Å². The third kappa shape index (κ3) is 2.63. The number of benzene rings is 1. The van der Waals surface area contributed by atoms with Gasteiger partial charge in [-0.2, -0.15) is 15.9 Å². The van der Waals surface area contributed by atoms with E-state index >= 15 is 0 Å². The molecule has 0 unspecified atom stereocenters. The number of anilines is 3. The molecule has 0 bridgehead atoms. The summed E-state index contributed by atoms with van der Waals surface area (Å²) in [6, 6.07) is 3.61. The van der Waals surface area contributed by atoms with Gasteiger partial charge in [0.1, 0.15) is 0 Å². The van der Waals surface area contributed by atoms with Crippen LogP contribution >= 0.6 is 34.1 Å². The molecular formula is C12H11Cl2N5S. The van der Waals surface area contributed by atoms with Gasteiger partial charge in [0, 0.05) is 10.6 Å². The van der Waals surface area contributed by atoms with Crippen molar-refractivity contribution >= 4 is 51.7 Å². The average molecular weight is 328 g/mol. The minimum atomic E-state index is -0.560. The van der Waals surface area contributed by atoms with Gasteiger partial charge in [0.2, 0.25) is 11.9 Å². The first-order chi connectivity index (χ1) is 9.63. The fourth-order valence-corrected chi connectivity index (χ4v) is 4.49. The largest absolute Gasteiger partial charge is 0.368 e. The highest BCUT2D eigenvalue weighted by molar-refractivity contribution is 8.22. The maximum absolute atomic E-state index is 6.34. The SMILES string of the molecule is Nc1nc(Nc2cc(Cl)c([SH]3C=CC=C3)c(Cl)c2)n[nH]1. The number of aromatic amines is 1. The van der Waals surface area contributed by atoms with Crippen LogP contribution in [0, 0.1) is 0 Å². The van der Waals surface area contributed by atoms with Crippen LogP contribution < -0.4 is 11.1 Å². The fourth-order valence-electron chi connectivity index (χ4n) is 1.83. The monoisotopic (exact) mass is 327 g/mol. The third-order valence-electron chi connectivity index (χ3n) is 2.64. The molecular weight excluding hydrogens is 317 g/mol. The quantitative estimate of drug-likeness (QED) is 0.646. The molecule has 3 rings (SSSR count). The number of thiol groups is 1. The number of hydrogen-bond donors (Lipinski definition) is 4. The maximum atomic E-state index is 6.34. The van der Waals surface area contributed by atoms with Gasteiger partial charge >= 0.3 is 0 Å². The number of nitrogens with one attached hydrogen (secondary N) is 2. The molecule has 8 heteroatoms. The van der Waals surface area contributed by atoms with Crippen LogP contribution in [0.2, 0.25) is 10.0 Å². The first kappa shape index (κ1) is 13.4. The second-order valence-corrected chi connectivity index (χ2v) is 6.72. The second kappa shape index (κ2) is 5.40. The van der Waals surface area contributed by atoms with Crippen molar-refractivity contribution in [2.75, 3.05) is 11.1 Å². The zero-order valence-corrected chi connectivity index (χ0v) is 12.5. The zero-order valence-electron chi connectivity index (χ0n) is 10.1. The van der Waals surface area contributed by atoms with Crippen LogP contribution in [0.1, 0.15) is 0 Å². The van der Waals surface area contributed by atoms with Crippen LogP contribution in [-0.2, 0) is 0 Å². The number of rotatable bonds is 3. The van der Waals surface area contributed by atoms with Gasteiger partial charge in [-0.25, -0.2) is 5.10 Å². The fraction of sp³-hybridized carbons (Fsp3) is 0. The van der Waals surface area contributed by atoms with Crippen molar-refractivity contribution < 1.29 is 0 Å². The summed E-state index contributed by atoms with van der Waals surface area (Å²) in [7, 11) is -0.560. The molecule has 0 fully saturated rings. The maximum Gasteiger partial charge on any atom is 0.248 e. The normalized spacial score (nSPS) is 15.0. The van der Waals surface area contributed by atoms with Crippen LogP contribution in [-0.4, -0.2) is 15.2 Å². The summed E-state index contributed by atoms with van der Waals surface area (Å²) in [6.07, 6.45) is 4.00. The van der Waals surface area contributed by atoms with Gasteiger partial charge in [0.25, 0.3) is 0 Å². The Balaban J connectivity index is 1.91. The summed E-state index contributed by atoms with van der Waals surface area (Å²) in [5.74, 6) is 0.611. The molecule has 1 aromatic carbocycles. The summed E-state index contributed by atoms with van der Waals surface area (Å²) >= 11 is 12.7. The predicted molar refractivity (Wildman–Crippen MR) is 86.1 cm³/mol. The Morgan fingerprint density at radius 3 is 2.35 bits per heavy atom. The smallest absolute Gasteiger partial charge is 0.248 e. The van der Waals surface area contributed by atoms with Gasteiger partial charge in [-0.3, -0.25) is 0 Å². The summed E-state index contributed by atoms with van der Waals surface area (Å²) in [5, 5.41) is 14.9. The molecule has 0 amide bonds. The number of nitrogens with two attached hydrogens (primary N) is 1. The number of aromatic nitrogens is 3. The van der Waals surface area contributed by atoms with E-state index in [1.807, 2.05) is 12.2 Å². The topological polar surface area (TPSA) is 79.6 Å². The molecule has 0 saturated heterocycles. The summed E-state index contributed by atoms with van der Waals surface area (Å²) in [6.45, 7) is 0. The Labute approximate surface area is 128 Å². The second-order valence-electron chi connectivity index (χ2n) is 4.05. The number of nitrogen functional groups attached to an aromatic ring is 1. The van der Waals surface area contributed by atoms with Crippen molar-refractivity contribution in [3.8, 4) is 0 Å². The van der Waals surface area contributed by atoms with E-state index in [1.165, 1.54) is 0 Å². The van der Waals surface area contributed by atoms with Crippen LogP contribution in [0.15, 0.2) is 40.0 Å². The Hall–Kier alpha value is -1.63. The highest BCUT2D eigenvalue weighted by Crippen LogP contribution is 2.50. The van der Waals surface area contributed by atoms with Crippen molar-refractivity contribution in [1.82, 2.24) is 15.2 Å². The molecule has 0 atom stereocenters. The number of H-pyrrole nitrogens is 1. The van der Waals surface area contributed by atoms with E-state index in [0.29, 0.717) is 21.7 Å². The lowest BCUT2D eigenvalue weighted by molar-refractivity contribution is 1.10. The Morgan fingerprint density at radius 1 is 1.15 bits per heavy atom. The minimum Gasteiger partial charge on any atom is -0.368 e. The van der Waals surface area contributed by atoms with Crippen molar-refractivity contribution in [2.45, 2.75) is 4.90 Å². The minimum absolute atomic E-state index is 0.242. The van der Waals surface area contributed by atoms with Gasteiger partial charge < -0.3 is 11.1 Å². The number of hydrogen-bond acceptors (Lipinski definition) is 4. The lowest BCUT2D eigenvalue weighted by atomic mass is 10.3. The highest BCUT2D eigenvalue weighted by atomic mass is 35.5. The van der Waals surface area contributed by atoms with E-state index in [1.54, 1.807) is 12.1 Å². The molecule has 0 saturated carbocycles. The molecule has 1 aromatic heterocycles. The van der Waals surface area contributed by atoms with Crippen LogP contribution in [0.3, 0.4) is 0 Å². The Kier molecular flexibility index (Phi) is 3.60. The Morgan fingerprint density at radius 2 is 1.80 bits per heavy atom. The number of halogens is 2. The molecule has 0 spiro atoms. The van der Waals surface area contributed by atoms with Gasteiger partial charge in [0.15, 0.2) is 0 Å². The Bertz CT molecular complexity index is 675. The molecule has 1 aliphatic heterocycles. The van der Waals surface area contributed by atoms with Crippen molar-refractivity contribution in [2.24, 2.45) is 0 Å². The molecule has 5 nitrogen and oxygen atoms in total. The van der Waals surface area contributed by atoms with Crippen LogP contribution in [0.4, 0.5) is 17.6 Å². The lowest BCUT2D eigenvalue weighted by Gasteiger charge is -2.16. The first-order valence-corrected chi connectivity index (χ1v) is 7.94. The zero-order chi connectivity index (χ0) is 14.1.